The van der Waals surface area contributed by atoms with Gasteiger partial charge < -0.3 is 9.47 Å². The van der Waals surface area contributed by atoms with Gasteiger partial charge in [-0.2, -0.15) is 0 Å². The summed E-state index contributed by atoms with van der Waals surface area (Å²) in [7, 11) is 2.56. The summed E-state index contributed by atoms with van der Waals surface area (Å²) < 4.78 is 10.3. The van der Waals surface area contributed by atoms with Gasteiger partial charge in [-0.05, 0) is 29.8 Å². The molecule has 0 spiro atoms. The third-order valence-corrected chi connectivity index (χ3v) is 2.92. The Labute approximate surface area is 101 Å². The molecule has 86 valence electrons. The summed E-state index contributed by atoms with van der Waals surface area (Å²) in [5, 5.41) is 0. The average Bonchev–Trinajstić information content (AvgIpc) is 2.40. The third kappa shape index (κ3) is 3.05. The van der Waals surface area contributed by atoms with Crippen LogP contribution in [-0.2, 0) is 0 Å². The number of carbonyl (C=O) groups is 1. The normalized spacial score (nSPS) is 10.2. The van der Waals surface area contributed by atoms with Crippen LogP contribution >= 0.6 is 8.19 Å². The highest BCUT2D eigenvalue weighted by atomic mass is 31.0. The number of hydrogen-bond donors (Lipinski definition) is 0. The van der Waals surface area contributed by atoms with E-state index >= 15 is 0 Å². The fraction of sp³-hybridized carbons (Fsp3) is 0.0769. The molecule has 1 aromatic heterocycles. The molecule has 0 bridgehead atoms. The predicted molar refractivity (Wildman–Crippen MR) is 66.9 cm³/mol. The minimum absolute atomic E-state index is 0.352. The van der Waals surface area contributed by atoms with Crippen LogP contribution in [0.2, 0.25) is 0 Å². The maximum absolute atomic E-state index is 11.8. The molecule has 17 heavy (non-hydrogen) atoms. The first-order valence-electron chi connectivity index (χ1n) is 5.06. The van der Waals surface area contributed by atoms with E-state index in [9.17, 15) is 4.79 Å². The zero-order valence-corrected chi connectivity index (χ0v) is 10.2. The van der Waals surface area contributed by atoms with Gasteiger partial charge in [0.15, 0.2) is 0 Å². The largest absolute Gasteiger partial charge is 0.497 e. The number of hydrogen-bond acceptors (Lipinski definition) is 3. The fourth-order valence-corrected chi connectivity index (χ4v) is 1.94. The minimum atomic E-state index is -0.352. The first-order chi connectivity index (χ1) is 8.29. The minimum Gasteiger partial charge on any atom is -0.497 e. The van der Waals surface area contributed by atoms with Gasteiger partial charge in [-0.15, -0.1) is 0 Å². The summed E-state index contributed by atoms with van der Waals surface area (Å²) >= 11 is 0. The van der Waals surface area contributed by atoms with Gasteiger partial charge in [0, 0.05) is 6.07 Å². The molecular formula is C13H11O3P. The van der Waals surface area contributed by atoms with Crippen LogP contribution in [0.3, 0.4) is 0 Å². The van der Waals surface area contributed by atoms with E-state index in [1.54, 1.807) is 37.4 Å². The molecule has 0 amide bonds. The molecule has 0 aliphatic heterocycles. The number of benzene rings is 1. The summed E-state index contributed by atoms with van der Waals surface area (Å²) in [5.74, 6) is 4.55. The molecule has 3 nitrogen and oxygen atoms in total. The molecule has 0 N–H and O–H groups in total. The van der Waals surface area contributed by atoms with E-state index in [-0.39, 0.29) is 5.97 Å². The Hall–Kier alpha value is -1.86. The Kier molecular flexibility index (Phi) is 3.73. The van der Waals surface area contributed by atoms with Crippen LogP contribution in [0.4, 0.5) is 0 Å². The molecule has 0 radical (unpaired) electrons. The van der Waals surface area contributed by atoms with E-state index in [1.165, 1.54) is 0 Å². The quantitative estimate of drug-likeness (QED) is 0.614. The molecule has 1 heterocycles. The number of esters is 1. The van der Waals surface area contributed by atoms with E-state index < -0.39 is 0 Å². The van der Waals surface area contributed by atoms with Crippen LogP contribution in [0.15, 0.2) is 48.0 Å². The smallest absolute Gasteiger partial charge is 0.343 e. The maximum atomic E-state index is 11.8. The molecule has 4 heteroatoms. The lowest BCUT2D eigenvalue weighted by Crippen LogP contribution is -2.07. The average molecular weight is 246 g/mol. The van der Waals surface area contributed by atoms with Crippen molar-refractivity contribution in [3.8, 4) is 11.5 Å². The van der Waals surface area contributed by atoms with Crippen molar-refractivity contribution in [2.24, 2.45) is 0 Å². The number of rotatable bonds is 3. The van der Waals surface area contributed by atoms with Crippen molar-refractivity contribution >= 4 is 14.2 Å². The monoisotopic (exact) mass is 246 g/mol. The Balaban J connectivity index is 2.13. The lowest BCUT2D eigenvalue weighted by atomic mass is 10.3. The Bertz CT molecular complexity index is 511. The third-order valence-electron chi connectivity index (χ3n) is 2.15. The van der Waals surface area contributed by atoms with Crippen LogP contribution in [0.5, 0.6) is 11.5 Å². The zero-order chi connectivity index (χ0) is 12.1. The lowest BCUT2D eigenvalue weighted by molar-refractivity contribution is 0.0735. The van der Waals surface area contributed by atoms with E-state index in [2.05, 4.69) is 0 Å². The van der Waals surface area contributed by atoms with Crippen molar-refractivity contribution < 1.29 is 14.3 Å². The number of carbonyl (C=O) groups excluding carboxylic acids is 1. The Morgan fingerprint density at radius 3 is 2.71 bits per heavy atom. The second-order valence-electron chi connectivity index (χ2n) is 3.31. The van der Waals surface area contributed by atoms with Crippen molar-refractivity contribution in [3.05, 3.63) is 53.6 Å². The van der Waals surface area contributed by atoms with Crippen LogP contribution in [0.1, 0.15) is 10.4 Å². The van der Waals surface area contributed by atoms with E-state index in [0.717, 1.165) is 8.19 Å². The molecular weight excluding hydrogens is 235 g/mol. The standard InChI is InChI=1S/C13H11O3P/c1-15-11-5-2-6-12(8-11)16-13(14)10-4-3-7-17-9-10/h2-9H,1H3. The van der Waals surface area contributed by atoms with Gasteiger partial charge in [-0.3, -0.25) is 0 Å². The van der Waals surface area contributed by atoms with Gasteiger partial charge in [0.05, 0.1) is 12.7 Å². The predicted octanol–water partition coefficient (Wildman–Crippen LogP) is 3.49. The highest BCUT2D eigenvalue weighted by molar-refractivity contribution is 7.28. The molecule has 0 saturated heterocycles. The molecule has 1 aromatic carbocycles. The van der Waals surface area contributed by atoms with Crippen molar-refractivity contribution in [1.82, 2.24) is 0 Å². The van der Waals surface area contributed by atoms with Gasteiger partial charge in [0.2, 0.25) is 0 Å². The molecule has 0 aliphatic rings. The molecule has 2 rings (SSSR count). The molecule has 0 saturated carbocycles. The maximum Gasteiger partial charge on any atom is 0.343 e. The van der Waals surface area contributed by atoms with Crippen LogP contribution in [0.25, 0.3) is 0 Å². The first kappa shape index (κ1) is 11.6. The summed E-state index contributed by atoms with van der Waals surface area (Å²) in [6, 6.07) is 10.5. The van der Waals surface area contributed by atoms with Gasteiger partial charge in [0.25, 0.3) is 0 Å². The first-order valence-corrected chi connectivity index (χ1v) is 6.09. The highest BCUT2D eigenvalue weighted by Crippen LogP contribution is 2.20. The summed E-state index contributed by atoms with van der Waals surface area (Å²) in [5.41, 5.74) is 0.567. The molecule has 0 fully saturated rings. The summed E-state index contributed by atoms with van der Waals surface area (Å²) in [6.45, 7) is 0. The van der Waals surface area contributed by atoms with Crippen molar-refractivity contribution in [2.45, 2.75) is 0 Å². The Morgan fingerprint density at radius 2 is 2.00 bits per heavy atom. The molecule has 0 aliphatic carbocycles. The summed E-state index contributed by atoms with van der Waals surface area (Å²) in [6.07, 6.45) is 0. The van der Waals surface area contributed by atoms with E-state index in [0.29, 0.717) is 17.1 Å². The van der Waals surface area contributed by atoms with Gasteiger partial charge in [-0.1, -0.05) is 20.3 Å². The van der Waals surface area contributed by atoms with Crippen molar-refractivity contribution in [2.75, 3.05) is 7.11 Å². The van der Waals surface area contributed by atoms with E-state index in [1.807, 2.05) is 17.7 Å². The van der Waals surface area contributed by atoms with Crippen molar-refractivity contribution in [1.29, 1.82) is 0 Å². The number of methoxy groups -OCH3 is 1. The zero-order valence-electron chi connectivity index (χ0n) is 9.29. The van der Waals surface area contributed by atoms with Gasteiger partial charge >= 0.3 is 5.97 Å². The second-order valence-corrected chi connectivity index (χ2v) is 4.16. The SMILES string of the molecule is COc1cccc(OC(=O)c2cccpc2)c1. The van der Waals surface area contributed by atoms with Gasteiger partial charge in [0.1, 0.15) is 11.5 Å². The molecule has 0 atom stereocenters. The lowest BCUT2D eigenvalue weighted by Gasteiger charge is -2.05. The Morgan fingerprint density at radius 1 is 1.18 bits per heavy atom. The summed E-state index contributed by atoms with van der Waals surface area (Å²) in [4.78, 5) is 11.8. The molecule has 2 aromatic rings. The van der Waals surface area contributed by atoms with Crippen LogP contribution in [-0.4, -0.2) is 13.1 Å². The fourth-order valence-electron chi connectivity index (χ4n) is 1.31. The topological polar surface area (TPSA) is 35.5 Å². The van der Waals surface area contributed by atoms with Crippen LogP contribution < -0.4 is 9.47 Å². The van der Waals surface area contributed by atoms with Gasteiger partial charge in [-0.25, -0.2) is 4.79 Å². The second kappa shape index (κ2) is 5.46. The molecule has 0 unspecified atom stereocenters. The van der Waals surface area contributed by atoms with Crippen LogP contribution in [0, 0.1) is 0 Å². The number of ether oxygens (including phenoxy) is 2. The van der Waals surface area contributed by atoms with E-state index in [4.69, 9.17) is 9.47 Å². The highest BCUT2D eigenvalue weighted by Gasteiger charge is 2.07. The van der Waals surface area contributed by atoms with Crippen molar-refractivity contribution in [3.63, 3.8) is 0 Å².